The van der Waals surface area contributed by atoms with E-state index < -0.39 is 42.8 Å². The minimum atomic E-state index is -3.21. The molecule has 4 heterocycles. The standard InChI is InChI=1S/C19H29FN7O5PS/c1-9(2)30-16(28)10(3)25-33(34)29-7-11-13(32-33)19(4,20)17(31-11)27-8-22-12-14(26(5)6)23-18(21)24-15(12)27/h8-11,13,17H,7H2,1-6H3,(H,25,34)(H2,21,23,24)/t10-,11+,13+,17+,19+,33?/m0/s1. The molecule has 1 unspecified atom stereocenters. The molecule has 15 heteroatoms. The Kier molecular flexibility index (Phi) is 6.60. The number of anilines is 2. The third-order valence-electron chi connectivity index (χ3n) is 5.50. The molecular weight excluding hydrogens is 488 g/mol. The molecule has 0 aliphatic carbocycles. The van der Waals surface area contributed by atoms with Gasteiger partial charge in [0.25, 0.3) is 6.64 Å². The Hall–Kier alpha value is -1.96. The van der Waals surface area contributed by atoms with Crippen LogP contribution >= 0.6 is 6.64 Å². The van der Waals surface area contributed by atoms with Crippen LogP contribution < -0.4 is 15.7 Å². The highest BCUT2D eigenvalue weighted by atomic mass is 32.5. The Morgan fingerprint density at radius 1 is 1.44 bits per heavy atom. The zero-order chi connectivity index (χ0) is 25.0. The van der Waals surface area contributed by atoms with Crippen LogP contribution in [0.5, 0.6) is 0 Å². The second kappa shape index (κ2) is 8.92. The highest BCUT2D eigenvalue weighted by Crippen LogP contribution is 2.57. The van der Waals surface area contributed by atoms with E-state index in [2.05, 4.69) is 20.0 Å². The summed E-state index contributed by atoms with van der Waals surface area (Å²) in [7, 11) is 3.59. The van der Waals surface area contributed by atoms with E-state index in [1.165, 1.54) is 17.8 Å². The van der Waals surface area contributed by atoms with Crippen LogP contribution in [0.3, 0.4) is 0 Å². The van der Waals surface area contributed by atoms with E-state index in [0.717, 1.165) is 0 Å². The average molecular weight is 518 g/mol. The molecular formula is C19H29FN7O5PS. The number of fused-ring (bicyclic) bond motifs is 2. The number of alkyl halides is 1. The van der Waals surface area contributed by atoms with Crippen molar-refractivity contribution in [1.29, 1.82) is 0 Å². The molecule has 0 bridgehead atoms. The quantitative estimate of drug-likeness (QED) is 0.426. The number of nitrogens with two attached hydrogens (primary N) is 1. The number of hydrogen-bond acceptors (Lipinski definition) is 11. The summed E-state index contributed by atoms with van der Waals surface area (Å²) in [6, 6.07) is -0.796. The van der Waals surface area contributed by atoms with Gasteiger partial charge in [-0.3, -0.25) is 9.36 Å². The lowest BCUT2D eigenvalue weighted by Gasteiger charge is -2.37. The molecule has 2 aromatic heterocycles. The van der Waals surface area contributed by atoms with Gasteiger partial charge >= 0.3 is 5.97 Å². The fraction of sp³-hybridized carbons (Fsp3) is 0.684. The maximum absolute atomic E-state index is 16.3. The topological polar surface area (TPSA) is 139 Å². The van der Waals surface area contributed by atoms with Gasteiger partial charge in [0.05, 0.1) is 19.0 Å². The molecule has 0 aromatic carbocycles. The van der Waals surface area contributed by atoms with E-state index in [9.17, 15) is 4.79 Å². The van der Waals surface area contributed by atoms with Crippen molar-refractivity contribution in [2.45, 2.75) is 63.9 Å². The first-order chi connectivity index (χ1) is 15.8. The molecule has 2 aliphatic rings. The summed E-state index contributed by atoms with van der Waals surface area (Å²) in [4.78, 5) is 26.8. The van der Waals surface area contributed by atoms with Crippen molar-refractivity contribution in [1.82, 2.24) is 24.6 Å². The first-order valence-corrected chi connectivity index (χ1v) is 13.4. The Bertz CT molecular complexity index is 1150. The number of ether oxygens (including phenoxy) is 2. The lowest BCUT2D eigenvalue weighted by molar-refractivity contribution is -0.149. The number of nitrogens with zero attached hydrogens (tertiary/aromatic N) is 5. The van der Waals surface area contributed by atoms with Gasteiger partial charge < -0.3 is 29.2 Å². The summed E-state index contributed by atoms with van der Waals surface area (Å²) in [6.07, 6.45) is -1.78. The highest BCUT2D eigenvalue weighted by Gasteiger charge is 2.60. The van der Waals surface area contributed by atoms with Gasteiger partial charge in [0.2, 0.25) is 5.95 Å². The SMILES string of the molecule is CC(C)OC(=O)[C@H](C)NP1(=S)OC[C@H]2O[C@@H](n3cnc4c(N(C)C)nc(N)nc43)[C@](C)(F)[C@@H]2O1. The van der Waals surface area contributed by atoms with Crippen molar-refractivity contribution in [2.24, 2.45) is 0 Å². The fourth-order valence-electron chi connectivity index (χ4n) is 3.95. The smallest absolute Gasteiger partial charge is 0.323 e. The number of nitrogens with one attached hydrogen (secondary N) is 1. The number of carbonyl (C=O) groups is 1. The van der Waals surface area contributed by atoms with E-state index in [1.54, 1.807) is 39.8 Å². The van der Waals surface area contributed by atoms with Gasteiger partial charge in [0.1, 0.15) is 18.2 Å². The Labute approximate surface area is 201 Å². The van der Waals surface area contributed by atoms with Crippen molar-refractivity contribution in [3.05, 3.63) is 6.33 Å². The molecule has 34 heavy (non-hydrogen) atoms. The van der Waals surface area contributed by atoms with Crippen LogP contribution in [0.25, 0.3) is 11.2 Å². The molecule has 0 radical (unpaired) electrons. The van der Waals surface area contributed by atoms with Gasteiger partial charge in [0.15, 0.2) is 28.9 Å². The molecule has 4 rings (SSSR count). The fourth-order valence-corrected chi connectivity index (χ4v) is 6.65. The van der Waals surface area contributed by atoms with Crippen molar-refractivity contribution in [2.75, 3.05) is 31.3 Å². The summed E-state index contributed by atoms with van der Waals surface area (Å²) in [6.45, 7) is 3.22. The molecule has 0 amide bonds. The second-order valence-corrected chi connectivity index (χ2v) is 12.1. The summed E-state index contributed by atoms with van der Waals surface area (Å²) in [5.74, 6) is 0.0187. The van der Waals surface area contributed by atoms with Crippen LogP contribution in [0.15, 0.2) is 6.33 Å². The largest absolute Gasteiger partial charge is 0.462 e. The number of rotatable bonds is 6. The zero-order valence-electron chi connectivity index (χ0n) is 19.8. The van der Waals surface area contributed by atoms with Gasteiger partial charge in [-0.05, 0) is 39.5 Å². The van der Waals surface area contributed by atoms with E-state index in [-0.39, 0.29) is 18.7 Å². The average Bonchev–Trinajstić information content (AvgIpc) is 3.24. The van der Waals surface area contributed by atoms with Crippen LogP contribution in [0.2, 0.25) is 0 Å². The van der Waals surface area contributed by atoms with E-state index in [1.807, 2.05) is 0 Å². The zero-order valence-corrected chi connectivity index (χ0v) is 21.5. The summed E-state index contributed by atoms with van der Waals surface area (Å²) in [5, 5.41) is 2.88. The van der Waals surface area contributed by atoms with E-state index in [0.29, 0.717) is 17.0 Å². The normalized spacial score (nSPS) is 32.1. The number of halogens is 1. The molecule has 2 aliphatic heterocycles. The number of nitrogen functional groups attached to an aromatic ring is 1. The predicted molar refractivity (Wildman–Crippen MR) is 126 cm³/mol. The Balaban J connectivity index is 1.60. The van der Waals surface area contributed by atoms with Gasteiger partial charge in [-0.1, -0.05) is 0 Å². The van der Waals surface area contributed by atoms with Crippen molar-refractivity contribution in [3.63, 3.8) is 0 Å². The van der Waals surface area contributed by atoms with Gasteiger partial charge in [0, 0.05) is 14.1 Å². The number of imidazole rings is 1. The summed E-state index contributed by atoms with van der Waals surface area (Å²) in [5.41, 5.74) is 4.63. The van der Waals surface area contributed by atoms with Gasteiger partial charge in [-0.25, -0.2) is 14.5 Å². The van der Waals surface area contributed by atoms with Crippen LogP contribution in [-0.4, -0.2) is 76.2 Å². The summed E-state index contributed by atoms with van der Waals surface area (Å²) >= 11 is 5.53. The van der Waals surface area contributed by atoms with Crippen LogP contribution in [0.4, 0.5) is 16.2 Å². The number of aromatic nitrogens is 4. The molecule has 6 atom stereocenters. The first-order valence-electron chi connectivity index (χ1n) is 10.8. The third-order valence-corrected chi connectivity index (χ3v) is 8.08. The minimum Gasteiger partial charge on any atom is -0.462 e. The molecule has 3 N–H and O–H groups in total. The highest BCUT2D eigenvalue weighted by molar-refractivity contribution is 8.09. The lowest BCUT2D eigenvalue weighted by atomic mass is 9.98. The van der Waals surface area contributed by atoms with E-state index >= 15 is 4.39 Å². The first kappa shape index (κ1) is 25.1. The molecule has 0 spiro atoms. The molecule has 0 saturated carbocycles. The molecule has 12 nitrogen and oxygen atoms in total. The number of carbonyl (C=O) groups excluding carboxylic acids is 1. The molecule has 188 valence electrons. The maximum atomic E-state index is 16.3. The van der Waals surface area contributed by atoms with Crippen LogP contribution in [0, 0.1) is 0 Å². The molecule has 2 aromatic rings. The van der Waals surface area contributed by atoms with Gasteiger partial charge in [-0.15, -0.1) is 0 Å². The van der Waals surface area contributed by atoms with Crippen molar-refractivity contribution < 1.29 is 27.7 Å². The van der Waals surface area contributed by atoms with Crippen molar-refractivity contribution in [3.8, 4) is 0 Å². The maximum Gasteiger partial charge on any atom is 0.323 e. The minimum absolute atomic E-state index is 0.0103. The predicted octanol–water partition coefficient (Wildman–Crippen LogP) is 1.67. The van der Waals surface area contributed by atoms with E-state index in [4.69, 9.17) is 36.1 Å². The third kappa shape index (κ3) is 4.50. The molecule has 2 fully saturated rings. The van der Waals surface area contributed by atoms with Crippen LogP contribution in [0.1, 0.15) is 33.9 Å². The lowest BCUT2D eigenvalue weighted by Crippen LogP contribution is -2.47. The number of hydrogen-bond donors (Lipinski definition) is 2. The number of esters is 1. The van der Waals surface area contributed by atoms with Gasteiger partial charge in [-0.2, -0.15) is 9.97 Å². The monoisotopic (exact) mass is 517 g/mol. The van der Waals surface area contributed by atoms with Crippen molar-refractivity contribution >= 4 is 47.3 Å². The Morgan fingerprint density at radius 3 is 2.79 bits per heavy atom. The molecule has 2 saturated heterocycles. The summed E-state index contributed by atoms with van der Waals surface area (Å²) < 4.78 is 40.6. The second-order valence-electron chi connectivity index (χ2n) is 8.96. The van der Waals surface area contributed by atoms with Crippen LogP contribution in [-0.2, 0) is 35.1 Å². The Morgan fingerprint density at radius 2 is 2.15 bits per heavy atom.